The van der Waals surface area contributed by atoms with Crippen molar-refractivity contribution in [2.75, 3.05) is 19.7 Å². The van der Waals surface area contributed by atoms with Crippen LogP contribution in [0.15, 0.2) is 12.1 Å². The van der Waals surface area contributed by atoms with Gasteiger partial charge in [-0.15, -0.1) is 11.3 Å². The van der Waals surface area contributed by atoms with Gasteiger partial charge in [-0.2, -0.15) is 5.26 Å². The van der Waals surface area contributed by atoms with Crippen LogP contribution in [0, 0.1) is 11.3 Å². The Morgan fingerprint density at radius 3 is 3.12 bits per heavy atom. The van der Waals surface area contributed by atoms with Gasteiger partial charge in [-0.25, -0.2) is 0 Å². The van der Waals surface area contributed by atoms with Crippen molar-refractivity contribution in [3.8, 4) is 6.07 Å². The molecule has 1 atom stereocenters. The maximum Gasteiger partial charge on any atom is 0.264 e. The highest BCUT2D eigenvalue weighted by Gasteiger charge is 2.25. The number of carbonyl (C=O) groups is 1. The summed E-state index contributed by atoms with van der Waals surface area (Å²) in [7, 11) is 0. The average Bonchev–Trinajstić information content (AvgIpc) is 2.75. The number of hydrogen-bond acceptors (Lipinski definition) is 4. The van der Waals surface area contributed by atoms with E-state index in [0.29, 0.717) is 28.9 Å². The minimum atomic E-state index is -0.520. The van der Waals surface area contributed by atoms with Gasteiger partial charge in [0.05, 0.1) is 28.4 Å². The number of halogens is 1. The Labute approximate surface area is 102 Å². The van der Waals surface area contributed by atoms with Gasteiger partial charge in [0.25, 0.3) is 5.91 Å². The van der Waals surface area contributed by atoms with Gasteiger partial charge in [0.1, 0.15) is 0 Å². The molecule has 0 aliphatic carbocycles. The molecule has 84 valence electrons. The van der Waals surface area contributed by atoms with E-state index in [0.717, 1.165) is 0 Å². The minimum Gasteiger partial charge on any atom is -0.360 e. The molecule has 1 aliphatic heterocycles. The Hall–Kier alpha value is -1.09. The zero-order chi connectivity index (χ0) is 11.5. The molecule has 1 aliphatic rings. The van der Waals surface area contributed by atoms with Crippen LogP contribution in [0.25, 0.3) is 0 Å². The normalized spacial score (nSPS) is 20.5. The topological polar surface area (TPSA) is 53.3 Å². The fourth-order valence-corrected chi connectivity index (χ4v) is 2.51. The molecule has 1 aromatic rings. The number of morpholine rings is 1. The predicted molar refractivity (Wildman–Crippen MR) is 60.6 cm³/mol. The Bertz CT molecular complexity index is 440. The molecule has 1 aromatic heterocycles. The molecule has 4 nitrogen and oxygen atoms in total. The van der Waals surface area contributed by atoms with E-state index in [1.165, 1.54) is 11.3 Å². The average molecular weight is 257 g/mol. The number of amides is 1. The van der Waals surface area contributed by atoms with E-state index in [2.05, 4.69) is 0 Å². The second-order valence-corrected chi connectivity index (χ2v) is 5.06. The third-order valence-corrected chi connectivity index (χ3v) is 3.50. The second kappa shape index (κ2) is 4.83. The number of rotatable bonds is 1. The van der Waals surface area contributed by atoms with Crippen LogP contribution in [0.4, 0.5) is 0 Å². The molecule has 1 amide bonds. The fraction of sp³-hybridized carbons (Fsp3) is 0.400. The highest BCUT2D eigenvalue weighted by Crippen LogP contribution is 2.23. The zero-order valence-electron chi connectivity index (χ0n) is 8.35. The lowest BCUT2D eigenvalue weighted by atomic mass is 10.3. The van der Waals surface area contributed by atoms with Crippen LogP contribution in [0.3, 0.4) is 0 Å². The van der Waals surface area contributed by atoms with Gasteiger partial charge in [0, 0.05) is 6.54 Å². The molecular weight excluding hydrogens is 248 g/mol. The van der Waals surface area contributed by atoms with Crippen LogP contribution < -0.4 is 0 Å². The van der Waals surface area contributed by atoms with Gasteiger partial charge in [-0.3, -0.25) is 4.79 Å². The third-order valence-electron chi connectivity index (χ3n) is 2.28. The number of carbonyl (C=O) groups excluding carboxylic acids is 1. The molecule has 0 saturated carbocycles. The number of hydrogen-bond donors (Lipinski definition) is 0. The lowest BCUT2D eigenvalue weighted by Crippen LogP contribution is -2.44. The van der Waals surface area contributed by atoms with Crippen LogP contribution >= 0.6 is 22.9 Å². The molecule has 0 aromatic carbocycles. The van der Waals surface area contributed by atoms with Crippen LogP contribution in [0.5, 0.6) is 0 Å². The van der Waals surface area contributed by atoms with Gasteiger partial charge >= 0.3 is 0 Å². The van der Waals surface area contributed by atoms with Gasteiger partial charge in [0.15, 0.2) is 6.10 Å². The van der Waals surface area contributed by atoms with E-state index in [-0.39, 0.29) is 5.91 Å². The molecule has 1 saturated heterocycles. The molecular formula is C10H9ClN2O2S. The monoisotopic (exact) mass is 256 g/mol. The quantitative estimate of drug-likeness (QED) is 0.769. The molecule has 2 heterocycles. The van der Waals surface area contributed by atoms with E-state index < -0.39 is 6.10 Å². The molecule has 0 N–H and O–H groups in total. The number of nitriles is 1. The Morgan fingerprint density at radius 1 is 1.69 bits per heavy atom. The molecule has 16 heavy (non-hydrogen) atoms. The highest BCUT2D eigenvalue weighted by atomic mass is 35.5. The summed E-state index contributed by atoms with van der Waals surface area (Å²) in [6.45, 7) is 1.25. The standard InChI is InChI=1S/C10H9ClN2O2S/c11-9-2-1-8(16-9)10(14)13-3-4-15-7(5-12)6-13/h1-2,7H,3-4,6H2. The van der Waals surface area contributed by atoms with Gasteiger partial charge in [0.2, 0.25) is 0 Å². The smallest absolute Gasteiger partial charge is 0.264 e. The first-order valence-electron chi connectivity index (χ1n) is 4.76. The van der Waals surface area contributed by atoms with E-state index in [9.17, 15) is 4.79 Å². The number of nitrogens with zero attached hydrogens (tertiary/aromatic N) is 2. The van der Waals surface area contributed by atoms with Crippen molar-refractivity contribution in [3.05, 3.63) is 21.3 Å². The first-order valence-corrected chi connectivity index (χ1v) is 5.96. The Morgan fingerprint density at radius 2 is 2.50 bits per heavy atom. The van der Waals surface area contributed by atoms with Crippen LogP contribution in [0.2, 0.25) is 4.34 Å². The lowest BCUT2D eigenvalue weighted by molar-refractivity contribution is 0.00369. The van der Waals surface area contributed by atoms with Crippen LogP contribution in [0.1, 0.15) is 9.67 Å². The summed E-state index contributed by atoms with van der Waals surface area (Å²) in [6.07, 6.45) is -0.520. The molecule has 0 radical (unpaired) electrons. The summed E-state index contributed by atoms with van der Waals surface area (Å²) in [5.41, 5.74) is 0. The van der Waals surface area contributed by atoms with Crippen molar-refractivity contribution in [2.45, 2.75) is 6.10 Å². The van der Waals surface area contributed by atoms with Crippen molar-refractivity contribution < 1.29 is 9.53 Å². The fourth-order valence-electron chi connectivity index (χ4n) is 1.50. The molecule has 0 spiro atoms. The van der Waals surface area contributed by atoms with E-state index in [1.807, 2.05) is 6.07 Å². The summed E-state index contributed by atoms with van der Waals surface area (Å²) in [6, 6.07) is 5.40. The van der Waals surface area contributed by atoms with E-state index >= 15 is 0 Å². The summed E-state index contributed by atoms with van der Waals surface area (Å²) in [4.78, 5) is 14.2. The maximum absolute atomic E-state index is 12.0. The predicted octanol–water partition coefficient (Wildman–Crippen LogP) is 1.77. The lowest BCUT2D eigenvalue weighted by Gasteiger charge is -2.29. The van der Waals surface area contributed by atoms with Crippen molar-refractivity contribution in [2.24, 2.45) is 0 Å². The number of thiophene rings is 1. The maximum atomic E-state index is 12.0. The molecule has 0 bridgehead atoms. The van der Waals surface area contributed by atoms with Crippen molar-refractivity contribution >= 4 is 28.8 Å². The largest absolute Gasteiger partial charge is 0.360 e. The van der Waals surface area contributed by atoms with E-state index in [4.69, 9.17) is 21.6 Å². The van der Waals surface area contributed by atoms with Crippen molar-refractivity contribution in [1.82, 2.24) is 4.90 Å². The van der Waals surface area contributed by atoms with Gasteiger partial charge < -0.3 is 9.64 Å². The molecule has 1 unspecified atom stereocenters. The minimum absolute atomic E-state index is 0.0829. The SMILES string of the molecule is N#CC1CN(C(=O)c2ccc(Cl)s2)CCO1. The summed E-state index contributed by atoms with van der Waals surface area (Å²) >= 11 is 7.02. The van der Waals surface area contributed by atoms with E-state index in [1.54, 1.807) is 17.0 Å². The molecule has 2 rings (SSSR count). The first kappa shape index (κ1) is 11.4. The van der Waals surface area contributed by atoms with Crippen molar-refractivity contribution in [3.63, 3.8) is 0 Å². The summed E-state index contributed by atoms with van der Waals surface area (Å²) in [5, 5.41) is 8.73. The van der Waals surface area contributed by atoms with Crippen molar-refractivity contribution in [1.29, 1.82) is 5.26 Å². The number of ether oxygens (including phenoxy) is 1. The molecule has 6 heteroatoms. The third kappa shape index (κ3) is 2.35. The summed E-state index contributed by atoms with van der Waals surface area (Å²) in [5.74, 6) is -0.0829. The summed E-state index contributed by atoms with van der Waals surface area (Å²) < 4.78 is 5.76. The zero-order valence-corrected chi connectivity index (χ0v) is 9.92. The van der Waals surface area contributed by atoms with Crippen LogP contribution in [-0.2, 0) is 4.74 Å². The Kier molecular flexibility index (Phi) is 3.44. The highest BCUT2D eigenvalue weighted by molar-refractivity contribution is 7.17. The first-order chi connectivity index (χ1) is 7.70. The molecule has 1 fully saturated rings. The Balaban J connectivity index is 2.08. The van der Waals surface area contributed by atoms with Gasteiger partial charge in [-0.05, 0) is 12.1 Å². The van der Waals surface area contributed by atoms with Gasteiger partial charge in [-0.1, -0.05) is 11.6 Å². The van der Waals surface area contributed by atoms with Crippen LogP contribution in [-0.4, -0.2) is 36.6 Å². The second-order valence-electron chi connectivity index (χ2n) is 3.34.